The molecule has 4 heteroatoms. The summed E-state index contributed by atoms with van der Waals surface area (Å²) in [5, 5.41) is 3.27. The molecule has 2 aromatic rings. The maximum Gasteiger partial charge on any atom is 0.248 e. The highest BCUT2D eigenvalue weighted by molar-refractivity contribution is 7.11. The fourth-order valence-electron chi connectivity index (χ4n) is 1.55. The van der Waals surface area contributed by atoms with Gasteiger partial charge in [-0.25, -0.2) is 0 Å². The predicted octanol–water partition coefficient (Wildman–Crippen LogP) is 2.77. The van der Waals surface area contributed by atoms with Gasteiger partial charge in [-0.15, -0.1) is 11.3 Å². The standard InChI is InChI=1S/C13H14N2OS/c1-9-5-6-12(17-9)8-15-11-4-2-3-10(7-11)13(14)16/h2-7,15H,8H2,1H3,(H2,14,16). The molecule has 2 rings (SSSR count). The summed E-state index contributed by atoms with van der Waals surface area (Å²) in [4.78, 5) is 13.6. The number of carbonyl (C=O) groups is 1. The van der Waals surface area contributed by atoms with Crippen molar-refractivity contribution in [2.45, 2.75) is 13.5 Å². The van der Waals surface area contributed by atoms with Crippen molar-refractivity contribution in [1.82, 2.24) is 0 Å². The van der Waals surface area contributed by atoms with E-state index in [9.17, 15) is 4.79 Å². The molecule has 1 amide bonds. The van der Waals surface area contributed by atoms with Gasteiger partial charge in [0.2, 0.25) is 5.91 Å². The number of aryl methyl sites for hydroxylation is 1. The summed E-state index contributed by atoms with van der Waals surface area (Å²) in [7, 11) is 0. The van der Waals surface area contributed by atoms with Crippen LogP contribution in [0.15, 0.2) is 36.4 Å². The van der Waals surface area contributed by atoms with E-state index in [4.69, 9.17) is 5.73 Å². The third kappa shape index (κ3) is 3.07. The van der Waals surface area contributed by atoms with Crippen LogP contribution in [0.2, 0.25) is 0 Å². The molecular weight excluding hydrogens is 232 g/mol. The van der Waals surface area contributed by atoms with Gasteiger partial charge in [-0.2, -0.15) is 0 Å². The molecule has 0 unspecified atom stereocenters. The Bertz CT molecular complexity index is 534. The normalized spacial score (nSPS) is 10.2. The molecule has 0 atom stereocenters. The SMILES string of the molecule is Cc1ccc(CNc2cccc(C(N)=O)c2)s1. The maximum absolute atomic E-state index is 11.0. The average Bonchev–Trinajstić information content (AvgIpc) is 2.73. The first-order chi connectivity index (χ1) is 8.15. The summed E-state index contributed by atoms with van der Waals surface area (Å²) < 4.78 is 0. The Hall–Kier alpha value is -1.81. The van der Waals surface area contributed by atoms with E-state index in [-0.39, 0.29) is 0 Å². The summed E-state index contributed by atoms with van der Waals surface area (Å²) >= 11 is 1.76. The van der Waals surface area contributed by atoms with Crippen LogP contribution in [0.25, 0.3) is 0 Å². The van der Waals surface area contributed by atoms with Crippen LogP contribution in [0.4, 0.5) is 5.69 Å². The van der Waals surface area contributed by atoms with Gasteiger partial charge in [0, 0.05) is 27.5 Å². The van der Waals surface area contributed by atoms with E-state index >= 15 is 0 Å². The first-order valence-electron chi connectivity index (χ1n) is 5.34. The Morgan fingerprint density at radius 2 is 2.18 bits per heavy atom. The van der Waals surface area contributed by atoms with Crippen molar-refractivity contribution in [3.8, 4) is 0 Å². The zero-order chi connectivity index (χ0) is 12.3. The van der Waals surface area contributed by atoms with Gasteiger partial charge in [-0.1, -0.05) is 6.07 Å². The summed E-state index contributed by atoms with van der Waals surface area (Å²) in [5.74, 6) is -0.402. The second kappa shape index (κ2) is 5.01. The van der Waals surface area contributed by atoms with Crippen LogP contribution in [-0.4, -0.2) is 5.91 Å². The third-order valence-electron chi connectivity index (χ3n) is 2.41. The lowest BCUT2D eigenvalue weighted by molar-refractivity contribution is 0.100. The first-order valence-corrected chi connectivity index (χ1v) is 6.16. The first kappa shape index (κ1) is 11.7. The Morgan fingerprint density at radius 1 is 1.35 bits per heavy atom. The summed E-state index contributed by atoms with van der Waals surface area (Å²) in [5.41, 5.74) is 6.66. The highest BCUT2D eigenvalue weighted by Crippen LogP contribution is 2.17. The number of amides is 1. The molecule has 0 bridgehead atoms. The molecule has 3 nitrogen and oxygen atoms in total. The zero-order valence-corrected chi connectivity index (χ0v) is 10.4. The Kier molecular flexibility index (Phi) is 3.44. The molecule has 0 radical (unpaired) electrons. The van der Waals surface area contributed by atoms with Crippen molar-refractivity contribution in [3.63, 3.8) is 0 Å². The lowest BCUT2D eigenvalue weighted by Crippen LogP contribution is -2.11. The van der Waals surface area contributed by atoms with Crippen molar-refractivity contribution in [1.29, 1.82) is 0 Å². The molecule has 3 N–H and O–H groups in total. The molecule has 0 fully saturated rings. The monoisotopic (exact) mass is 246 g/mol. The van der Waals surface area contributed by atoms with E-state index in [1.165, 1.54) is 9.75 Å². The number of benzene rings is 1. The molecule has 0 saturated heterocycles. The van der Waals surface area contributed by atoms with Crippen LogP contribution >= 0.6 is 11.3 Å². The van der Waals surface area contributed by atoms with Gasteiger partial charge in [-0.3, -0.25) is 4.79 Å². The smallest absolute Gasteiger partial charge is 0.248 e. The molecule has 0 saturated carbocycles. The largest absolute Gasteiger partial charge is 0.380 e. The molecule has 0 aliphatic heterocycles. The second-order valence-corrected chi connectivity index (χ2v) is 5.18. The number of primary amides is 1. The molecule has 0 aliphatic carbocycles. The lowest BCUT2D eigenvalue weighted by Gasteiger charge is -2.05. The van der Waals surface area contributed by atoms with Gasteiger partial charge in [0.25, 0.3) is 0 Å². The van der Waals surface area contributed by atoms with Crippen molar-refractivity contribution >= 4 is 22.9 Å². The maximum atomic E-state index is 11.0. The number of anilines is 1. The van der Waals surface area contributed by atoms with E-state index in [2.05, 4.69) is 24.4 Å². The van der Waals surface area contributed by atoms with Crippen LogP contribution in [0.3, 0.4) is 0 Å². The molecule has 17 heavy (non-hydrogen) atoms. The molecule has 1 aromatic carbocycles. The quantitative estimate of drug-likeness (QED) is 0.871. The molecule has 0 spiro atoms. The number of rotatable bonds is 4. The average molecular weight is 246 g/mol. The predicted molar refractivity (Wildman–Crippen MR) is 71.3 cm³/mol. The van der Waals surface area contributed by atoms with Crippen molar-refractivity contribution in [2.75, 3.05) is 5.32 Å². The van der Waals surface area contributed by atoms with Crippen LogP contribution in [0.1, 0.15) is 20.1 Å². The number of nitrogens with one attached hydrogen (secondary N) is 1. The van der Waals surface area contributed by atoms with Gasteiger partial charge in [-0.05, 0) is 37.3 Å². The number of nitrogens with two attached hydrogens (primary N) is 1. The Labute approximate surface area is 104 Å². The van der Waals surface area contributed by atoms with Crippen molar-refractivity contribution in [2.24, 2.45) is 5.73 Å². The Balaban J connectivity index is 2.04. The fourth-order valence-corrected chi connectivity index (χ4v) is 2.38. The number of hydrogen-bond acceptors (Lipinski definition) is 3. The summed E-state index contributed by atoms with van der Waals surface area (Å²) in [6.07, 6.45) is 0. The number of thiophene rings is 1. The Morgan fingerprint density at radius 3 is 2.82 bits per heavy atom. The van der Waals surface area contributed by atoms with Crippen LogP contribution in [0, 0.1) is 6.92 Å². The van der Waals surface area contributed by atoms with Crippen molar-refractivity contribution in [3.05, 3.63) is 51.7 Å². The van der Waals surface area contributed by atoms with Gasteiger partial charge in [0.1, 0.15) is 0 Å². The van der Waals surface area contributed by atoms with E-state index in [1.54, 1.807) is 23.5 Å². The van der Waals surface area contributed by atoms with E-state index in [1.807, 2.05) is 12.1 Å². The minimum atomic E-state index is -0.402. The lowest BCUT2D eigenvalue weighted by atomic mass is 10.2. The molecule has 1 aromatic heterocycles. The van der Waals surface area contributed by atoms with E-state index < -0.39 is 5.91 Å². The van der Waals surface area contributed by atoms with E-state index in [0.29, 0.717) is 5.56 Å². The molecule has 1 heterocycles. The highest BCUT2D eigenvalue weighted by Gasteiger charge is 2.01. The minimum Gasteiger partial charge on any atom is -0.380 e. The fraction of sp³-hybridized carbons (Fsp3) is 0.154. The van der Waals surface area contributed by atoms with Gasteiger partial charge in [0.15, 0.2) is 0 Å². The van der Waals surface area contributed by atoms with Crippen molar-refractivity contribution < 1.29 is 4.79 Å². The van der Waals surface area contributed by atoms with Crippen LogP contribution < -0.4 is 11.1 Å². The third-order valence-corrected chi connectivity index (χ3v) is 3.41. The van der Waals surface area contributed by atoms with E-state index in [0.717, 1.165) is 12.2 Å². The second-order valence-electron chi connectivity index (χ2n) is 3.81. The molecule has 88 valence electrons. The minimum absolute atomic E-state index is 0.402. The van der Waals surface area contributed by atoms with Gasteiger partial charge in [0.05, 0.1) is 0 Å². The number of hydrogen-bond donors (Lipinski definition) is 2. The summed E-state index contributed by atoms with van der Waals surface area (Å²) in [6.45, 7) is 2.85. The molecule has 0 aliphatic rings. The van der Waals surface area contributed by atoms with Crippen LogP contribution in [-0.2, 0) is 6.54 Å². The topological polar surface area (TPSA) is 55.1 Å². The van der Waals surface area contributed by atoms with Crippen LogP contribution in [0.5, 0.6) is 0 Å². The highest BCUT2D eigenvalue weighted by atomic mass is 32.1. The van der Waals surface area contributed by atoms with Gasteiger partial charge < -0.3 is 11.1 Å². The van der Waals surface area contributed by atoms with Gasteiger partial charge >= 0.3 is 0 Å². The number of carbonyl (C=O) groups excluding carboxylic acids is 1. The molecular formula is C13H14N2OS. The zero-order valence-electron chi connectivity index (χ0n) is 9.57. The summed E-state index contributed by atoms with van der Waals surface area (Å²) in [6, 6.07) is 11.4.